The zero-order valence-corrected chi connectivity index (χ0v) is 12.7. The number of rotatable bonds is 5. The fourth-order valence-corrected chi connectivity index (χ4v) is 2.46. The summed E-state index contributed by atoms with van der Waals surface area (Å²) in [6.45, 7) is 4.42. The van der Waals surface area contributed by atoms with Crippen LogP contribution >= 0.6 is 0 Å². The van der Waals surface area contributed by atoms with Crippen molar-refractivity contribution in [2.75, 3.05) is 17.1 Å². The molecule has 0 saturated carbocycles. The number of benzene rings is 1. The van der Waals surface area contributed by atoms with Gasteiger partial charge in [0, 0.05) is 0 Å². The van der Waals surface area contributed by atoms with Crippen molar-refractivity contribution in [3.05, 3.63) is 29.6 Å². The highest BCUT2D eigenvalue weighted by atomic mass is 32.2. The van der Waals surface area contributed by atoms with Crippen molar-refractivity contribution in [1.29, 1.82) is 0 Å². The summed E-state index contributed by atoms with van der Waals surface area (Å²) >= 11 is 0. The normalized spacial score (nSPS) is 11.5. The van der Waals surface area contributed by atoms with Gasteiger partial charge in [0.05, 0.1) is 18.0 Å². The van der Waals surface area contributed by atoms with Crippen LogP contribution in [0.15, 0.2) is 18.2 Å². The van der Waals surface area contributed by atoms with E-state index in [0.717, 1.165) is 6.26 Å². The molecule has 0 aliphatic heterocycles. The first kappa shape index (κ1) is 16.4. The number of nitrogens with zero attached hydrogens (tertiary/aromatic N) is 1. The van der Waals surface area contributed by atoms with Gasteiger partial charge >= 0.3 is 5.97 Å². The zero-order valence-electron chi connectivity index (χ0n) is 11.9. The van der Waals surface area contributed by atoms with E-state index in [1.165, 1.54) is 12.1 Å². The van der Waals surface area contributed by atoms with Crippen molar-refractivity contribution < 1.29 is 22.3 Å². The summed E-state index contributed by atoms with van der Waals surface area (Å²) in [6.07, 6.45) is 0.543. The highest BCUT2D eigenvalue weighted by Gasteiger charge is 2.24. The fourth-order valence-electron chi connectivity index (χ4n) is 1.61. The van der Waals surface area contributed by atoms with E-state index in [4.69, 9.17) is 4.74 Å². The number of anilines is 1. The Kier molecular flexibility index (Phi) is 5.10. The Balaban J connectivity index is 3.11. The summed E-state index contributed by atoms with van der Waals surface area (Å²) in [6, 6.07) is 4.11. The van der Waals surface area contributed by atoms with E-state index in [9.17, 15) is 17.6 Å². The minimum absolute atomic E-state index is 0.168. The molecule has 0 radical (unpaired) electrons. The maximum Gasteiger partial charge on any atom is 0.327 e. The van der Waals surface area contributed by atoms with Crippen LogP contribution in [-0.2, 0) is 19.6 Å². The number of ether oxygens (including phenoxy) is 1. The van der Waals surface area contributed by atoms with Crippen molar-refractivity contribution >= 4 is 21.7 Å². The molecule has 0 atom stereocenters. The molecule has 0 saturated heterocycles. The van der Waals surface area contributed by atoms with Crippen LogP contribution in [0, 0.1) is 12.7 Å². The average Bonchev–Trinajstić information content (AvgIpc) is 2.24. The second kappa shape index (κ2) is 6.21. The molecule has 20 heavy (non-hydrogen) atoms. The van der Waals surface area contributed by atoms with Crippen LogP contribution in [0.4, 0.5) is 10.1 Å². The summed E-state index contributed by atoms with van der Waals surface area (Å²) < 4.78 is 43.0. The van der Waals surface area contributed by atoms with Crippen molar-refractivity contribution in [2.45, 2.75) is 26.9 Å². The predicted octanol–water partition coefficient (Wildman–Crippen LogP) is 1.85. The topological polar surface area (TPSA) is 63.7 Å². The summed E-state index contributed by atoms with van der Waals surface area (Å²) in [4.78, 5) is 11.6. The van der Waals surface area contributed by atoms with Gasteiger partial charge in [0.25, 0.3) is 0 Å². The number of carbonyl (C=O) groups is 1. The molecule has 112 valence electrons. The van der Waals surface area contributed by atoms with Crippen molar-refractivity contribution in [1.82, 2.24) is 0 Å². The molecule has 0 N–H and O–H groups in total. The molecule has 1 aromatic rings. The molecule has 7 heteroatoms. The molecule has 1 aromatic carbocycles. The van der Waals surface area contributed by atoms with Gasteiger partial charge in [-0.3, -0.25) is 9.10 Å². The number of halogens is 1. The minimum atomic E-state index is -3.79. The van der Waals surface area contributed by atoms with Crippen LogP contribution in [0.5, 0.6) is 0 Å². The molecule has 0 aromatic heterocycles. The molecule has 0 aliphatic rings. The largest absolute Gasteiger partial charge is 0.462 e. The van der Waals surface area contributed by atoms with Gasteiger partial charge < -0.3 is 4.74 Å². The maximum atomic E-state index is 13.9. The van der Waals surface area contributed by atoms with E-state index in [-0.39, 0.29) is 11.8 Å². The molecule has 0 heterocycles. The summed E-state index contributed by atoms with van der Waals surface area (Å²) in [7, 11) is -3.79. The third-order valence-corrected chi connectivity index (χ3v) is 3.54. The molecule has 0 unspecified atom stereocenters. The van der Waals surface area contributed by atoms with Gasteiger partial charge in [-0.15, -0.1) is 0 Å². The monoisotopic (exact) mass is 303 g/mol. The molecular formula is C13H18FNO4S. The summed E-state index contributed by atoms with van der Waals surface area (Å²) in [5, 5.41) is 0. The lowest BCUT2D eigenvalue weighted by Gasteiger charge is -2.22. The van der Waals surface area contributed by atoms with Crippen LogP contribution in [0.1, 0.15) is 19.4 Å². The minimum Gasteiger partial charge on any atom is -0.462 e. The quantitative estimate of drug-likeness (QED) is 0.779. The molecular weight excluding hydrogens is 285 g/mol. The predicted molar refractivity (Wildman–Crippen MR) is 74.6 cm³/mol. The van der Waals surface area contributed by atoms with Gasteiger partial charge in [0.1, 0.15) is 12.4 Å². The second-order valence-corrected chi connectivity index (χ2v) is 6.67. The summed E-state index contributed by atoms with van der Waals surface area (Å²) in [5.74, 6) is -1.43. The van der Waals surface area contributed by atoms with Gasteiger partial charge in [-0.2, -0.15) is 0 Å². The number of carbonyl (C=O) groups excluding carboxylic acids is 1. The smallest absolute Gasteiger partial charge is 0.327 e. The Hall–Kier alpha value is -1.63. The van der Waals surface area contributed by atoms with Crippen LogP contribution in [-0.4, -0.2) is 33.3 Å². The first-order valence-electron chi connectivity index (χ1n) is 6.04. The highest BCUT2D eigenvalue weighted by Crippen LogP contribution is 2.22. The third kappa shape index (κ3) is 4.48. The maximum absolute atomic E-state index is 13.9. The lowest BCUT2D eigenvalue weighted by molar-refractivity contribution is -0.145. The van der Waals surface area contributed by atoms with Gasteiger partial charge in [-0.25, -0.2) is 12.8 Å². The molecule has 0 amide bonds. The SMILES string of the molecule is Cc1ccc(N(CC(=O)OC(C)C)S(C)(=O)=O)c(F)c1. The van der Waals surface area contributed by atoms with Gasteiger partial charge in [-0.1, -0.05) is 6.07 Å². The van der Waals surface area contributed by atoms with Crippen LogP contribution in [0.2, 0.25) is 0 Å². The Morgan fingerprint density at radius 2 is 2.00 bits per heavy atom. The number of hydrogen-bond donors (Lipinski definition) is 0. The number of sulfonamides is 1. The van der Waals surface area contributed by atoms with Crippen molar-refractivity contribution in [2.24, 2.45) is 0 Å². The lowest BCUT2D eigenvalue weighted by atomic mass is 10.2. The Labute approximate surface area is 118 Å². The molecule has 0 fully saturated rings. The summed E-state index contributed by atoms with van der Waals surface area (Å²) in [5.41, 5.74) is 0.489. The number of aryl methyl sites for hydroxylation is 1. The molecule has 1 rings (SSSR count). The lowest BCUT2D eigenvalue weighted by Crippen LogP contribution is -2.37. The number of hydrogen-bond acceptors (Lipinski definition) is 4. The van der Waals surface area contributed by atoms with Gasteiger partial charge in [0.15, 0.2) is 0 Å². The van der Waals surface area contributed by atoms with E-state index >= 15 is 0 Å². The standard InChI is InChI=1S/C13H18FNO4S/c1-9(2)19-13(16)8-15(20(4,17)18)12-6-5-10(3)7-11(12)14/h5-7,9H,8H2,1-4H3. The Morgan fingerprint density at radius 3 is 2.45 bits per heavy atom. The van der Waals surface area contributed by atoms with Crippen LogP contribution < -0.4 is 4.31 Å². The molecule has 0 aliphatic carbocycles. The first-order chi connectivity index (χ1) is 9.11. The molecule has 0 spiro atoms. The van der Waals surface area contributed by atoms with Crippen molar-refractivity contribution in [3.63, 3.8) is 0 Å². The first-order valence-corrected chi connectivity index (χ1v) is 7.89. The van der Waals surface area contributed by atoms with Crippen molar-refractivity contribution in [3.8, 4) is 0 Å². The number of esters is 1. The van der Waals surface area contributed by atoms with E-state index in [1.54, 1.807) is 26.8 Å². The fraction of sp³-hybridized carbons (Fsp3) is 0.462. The zero-order chi connectivity index (χ0) is 15.5. The van der Waals surface area contributed by atoms with Gasteiger partial charge in [-0.05, 0) is 38.5 Å². The van der Waals surface area contributed by atoms with Crippen LogP contribution in [0.25, 0.3) is 0 Å². The average molecular weight is 303 g/mol. The van der Waals surface area contributed by atoms with E-state index in [1.807, 2.05) is 0 Å². The van der Waals surface area contributed by atoms with Crippen LogP contribution in [0.3, 0.4) is 0 Å². The third-order valence-electron chi connectivity index (χ3n) is 2.41. The molecule has 0 bridgehead atoms. The van der Waals surface area contributed by atoms with E-state index in [2.05, 4.69) is 0 Å². The van der Waals surface area contributed by atoms with E-state index in [0.29, 0.717) is 9.87 Å². The Bertz CT molecular complexity index is 598. The van der Waals surface area contributed by atoms with E-state index < -0.39 is 28.4 Å². The highest BCUT2D eigenvalue weighted by molar-refractivity contribution is 7.92. The van der Waals surface area contributed by atoms with Gasteiger partial charge in [0.2, 0.25) is 10.0 Å². The molecule has 5 nitrogen and oxygen atoms in total. The Morgan fingerprint density at radius 1 is 1.40 bits per heavy atom. The second-order valence-electron chi connectivity index (χ2n) is 4.76.